The van der Waals surface area contributed by atoms with E-state index in [-0.39, 0.29) is 11.9 Å². The van der Waals surface area contributed by atoms with Crippen molar-refractivity contribution in [3.8, 4) is 0 Å². The summed E-state index contributed by atoms with van der Waals surface area (Å²) in [6, 6.07) is -0.0718. The molecule has 0 aromatic rings. The Hall–Kier alpha value is -1.58. The van der Waals surface area contributed by atoms with E-state index < -0.39 is 0 Å². The minimum Gasteiger partial charge on any atom is -0.429 e. The van der Waals surface area contributed by atoms with Crippen molar-refractivity contribution in [2.24, 2.45) is 0 Å². The first-order valence-electron chi connectivity index (χ1n) is 3.98. The van der Waals surface area contributed by atoms with E-state index in [9.17, 15) is 9.59 Å². The van der Waals surface area contributed by atoms with Crippen LogP contribution >= 0.6 is 0 Å². The highest BCUT2D eigenvalue weighted by Crippen LogP contribution is 2.10. The molecule has 0 radical (unpaired) electrons. The fourth-order valence-electron chi connectivity index (χ4n) is 1.15. The van der Waals surface area contributed by atoms with Gasteiger partial charge in [0.2, 0.25) is 5.91 Å². The van der Waals surface area contributed by atoms with E-state index in [2.05, 4.69) is 10.1 Å². The van der Waals surface area contributed by atoms with Crippen LogP contribution in [0.25, 0.3) is 0 Å². The second-order valence-corrected chi connectivity index (χ2v) is 2.73. The highest BCUT2D eigenvalue weighted by molar-refractivity contribution is 5.73. The molecule has 1 rings (SSSR count). The van der Waals surface area contributed by atoms with Gasteiger partial charge in [0.05, 0.1) is 6.04 Å². The molecule has 1 N–H and O–H groups in total. The van der Waals surface area contributed by atoms with Crippen LogP contribution in [0.1, 0.15) is 13.3 Å². The molecule has 1 aliphatic rings. The smallest absolute Gasteiger partial charge is 0.298 e. The van der Waals surface area contributed by atoms with Crippen molar-refractivity contribution in [2.45, 2.75) is 19.4 Å². The summed E-state index contributed by atoms with van der Waals surface area (Å²) >= 11 is 0. The van der Waals surface area contributed by atoms with Crippen LogP contribution in [0.5, 0.6) is 0 Å². The van der Waals surface area contributed by atoms with Crippen molar-refractivity contribution < 1.29 is 14.3 Å². The summed E-state index contributed by atoms with van der Waals surface area (Å²) in [5, 5.41) is 2.71. The van der Waals surface area contributed by atoms with Crippen LogP contribution in [-0.2, 0) is 14.3 Å². The van der Waals surface area contributed by atoms with Crippen LogP contribution in [-0.4, -0.2) is 18.4 Å². The largest absolute Gasteiger partial charge is 0.429 e. The number of rotatable bonds is 3. The molecule has 0 fully saturated rings. The summed E-state index contributed by atoms with van der Waals surface area (Å²) in [5.74, 6) is 0.377. The van der Waals surface area contributed by atoms with Crippen molar-refractivity contribution in [3.05, 3.63) is 24.0 Å². The van der Waals surface area contributed by atoms with E-state index in [4.69, 9.17) is 0 Å². The zero-order valence-electron chi connectivity index (χ0n) is 7.32. The molecule has 1 atom stereocenters. The minimum atomic E-state index is -0.0954. The molecule has 1 unspecified atom stereocenters. The van der Waals surface area contributed by atoms with Gasteiger partial charge in [0.1, 0.15) is 5.76 Å². The molecule has 70 valence electrons. The SMILES string of the molecule is CC(=O)NC1C=C(OC=O)C=CC1. The summed E-state index contributed by atoms with van der Waals surface area (Å²) in [6.45, 7) is 1.82. The van der Waals surface area contributed by atoms with Crippen LogP contribution in [0, 0.1) is 0 Å². The lowest BCUT2D eigenvalue weighted by molar-refractivity contribution is -0.124. The lowest BCUT2D eigenvalue weighted by Gasteiger charge is -2.15. The summed E-state index contributed by atoms with van der Waals surface area (Å²) in [6.07, 6.45) is 5.98. The molecule has 1 aliphatic carbocycles. The molecule has 4 heteroatoms. The molecule has 0 aromatic heterocycles. The number of amides is 1. The average Bonchev–Trinajstić information content (AvgIpc) is 2.04. The summed E-state index contributed by atoms with van der Waals surface area (Å²) in [4.78, 5) is 20.7. The highest BCUT2D eigenvalue weighted by Gasteiger charge is 2.10. The molecule has 0 saturated carbocycles. The van der Waals surface area contributed by atoms with E-state index in [0.717, 1.165) is 6.42 Å². The van der Waals surface area contributed by atoms with Gasteiger partial charge in [-0.1, -0.05) is 6.08 Å². The normalized spacial score (nSPS) is 20.4. The Morgan fingerprint density at radius 3 is 3.15 bits per heavy atom. The van der Waals surface area contributed by atoms with Gasteiger partial charge in [-0.2, -0.15) is 0 Å². The third-order valence-corrected chi connectivity index (χ3v) is 1.61. The van der Waals surface area contributed by atoms with Gasteiger partial charge in [-0.25, -0.2) is 0 Å². The zero-order chi connectivity index (χ0) is 9.68. The molecule has 1 amide bonds. The van der Waals surface area contributed by atoms with Gasteiger partial charge in [-0.3, -0.25) is 9.59 Å². The van der Waals surface area contributed by atoms with Crippen LogP contribution in [0.4, 0.5) is 0 Å². The second-order valence-electron chi connectivity index (χ2n) is 2.73. The van der Waals surface area contributed by atoms with Crippen LogP contribution in [0.3, 0.4) is 0 Å². The van der Waals surface area contributed by atoms with Gasteiger partial charge in [0.25, 0.3) is 6.47 Å². The van der Waals surface area contributed by atoms with Gasteiger partial charge in [0.15, 0.2) is 0 Å². The first-order chi connectivity index (χ1) is 6.22. The Morgan fingerprint density at radius 1 is 1.77 bits per heavy atom. The fraction of sp³-hybridized carbons (Fsp3) is 0.333. The maximum absolute atomic E-state index is 10.7. The highest BCUT2D eigenvalue weighted by atomic mass is 16.5. The standard InChI is InChI=1S/C9H11NO3/c1-7(12)10-8-3-2-4-9(5-8)13-6-11/h2,4-6,8H,3H2,1H3,(H,10,12). The fourth-order valence-corrected chi connectivity index (χ4v) is 1.15. The van der Waals surface area contributed by atoms with Crippen LogP contribution in [0.15, 0.2) is 24.0 Å². The van der Waals surface area contributed by atoms with Gasteiger partial charge >= 0.3 is 0 Å². The monoisotopic (exact) mass is 181 g/mol. The molecule has 4 nitrogen and oxygen atoms in total. The number of carbonyl (C=O) groups is 2. The second kappa shape index (κ2) is 4.45. The zero-order valence-corrected chi connectivity index (χ0v) is 7.32. The first kappa shape index (κ1) is 9.51. The Labute approximate surface area is 76.3 Å². The van der Waals surface area contributed by atoms with Crippen molar-refractivity contribution in [2.75, 3.05) is 0 Å². The van der Waals surface area contributed by atoms with Crippen molar-refractivity contribution in [3.63, 3.8) is 0 Å². The molecule has 0 heterocycles. The van der Waals surface area contributed by atoms with Crippen molar-refractivity contribution >= 4 is 12.4 Å². The Kier molecular flexibility index (Phi) is 3.25. The molecule has 0 spiro atoms. The molecule has 0 aromatic carbocycles. The number of nitrogens with one attached hydrogen (secondary N) is 1. The number of hydrogen-bond donors (Lipinski definition) is 1. The number of hydrogen-bond acceptors (Lipinski definition) is 3. The van der Waals surface area contributed by atoms with E-state index in [1.807, 2.05) is 6.08 Å². The lowest BCUT2D eigenvalue weighted by Crippen LogP contribution is -2.32. The van der Waals surface area contributed by atoms with Crippen LogP contribution < -0.4 is 5.32 Å². The topological polar surface area (TPSA) is 55.4 Å². The average molecular weight is 181 g/mol. The molecule has 13 heavy (non-hydrogen) atoms. The number of ether oxygens (including phenoxy) is 1. The molecular weight excluding hydrogens is 170 g/mol. The maximum Gasteiger partial charge on any atom is 0.298 e. The summed E-state index contributed by atoms with van der Waals surface area (Å²) < 4.78 is 4.64. The Balaban J connectivity index is 2.55. The first-order valence-corrected chi connectivity index (χ1v) is 3.98. The molecule has 0 saturated heterocycles. The van der Waals surface area contributed by atoms with Crippen LogP contribution in [0.2, 0.25) is 0 Å². The summed E-state index contributed by atoms with van der Waals surface area (Å²) in [5.41, 5.74) is 0. The maximum atomic E-state index is 10.7. The van der Waals surface area contributed by atoms with Crippen molar-refractivity contribution in [1.82, 2.24) is 5.32 Å². The van der Waals surface area contributed by atoms with Crippen molar-refractivity contribution in [1.29, 1.82) is 0 Å². The van der Waals surface area contributed by atoms with E-state index >= 15 is 0 Å². The minimum absolute atomic E-state index is 0.0718. The number of carbonyl (C=O) groups excluding carboxylic acids is 2. The van der Waals surface area contributed by atoms with Gasteiger partial charge in [-0.15, -0.1) is 0 Å². The molecule has 0 bridgehead atoms. The van der Waals surface area contributed by atoms with E-state index in [1.54, 1.807) is 12.2 Å². The number of allylic oxidation sites excluding steroid dienone is 1. The Morgan fingerprint density at radius 2 is 2.54 bits per heavy atom. The predicted molar refractivity (Wildman–Crippen MR) is 46.6 cm³/mol. The predicted octanol–water partition coefficient (Wildman–Crippen LogP) is 0.508. The van der Waals surface area contributed by atoms with Gasteiger partial charge in [0, 0.05) is 6.92 Å². The van der Waals surface area contributed by atoms with E-state index in [1.165, 1.54) is 6.92 Å². The van der Waals surface area contributed by atoms with Gasteiger partial charge < -0.3 is 10.1 Å². The third-order valence-electron chi connectivity index (χ3n) is 1.61. The molecule has 0 aliphatic heterocycles. The molecular formula is C9H11NO3. The Bertz CT molecular complexity index is 268. The quantitative estimate of drug-likeness (QED) is 0.645. The van der Waals surface area contributed by atoms with E-state index in [0.29, 0.717) is 12.2 Å². The third kappa shape index (κ3) is 3.11. The van der Waals surface area contributed by atoms with Gasteiger partial charge in [-0.05, 0) is 18.6 Å². The lowest BCUT2D eigenvalue weighted by atomic mass is 10.1. The summed E-state index contributed by atoms with van der Waals surface area (Å²) in [7, 11) is 0.